The number of carboxylic acid groups (broad SMARTS) is 1. The molecule has 0 heterocycles. The van der Waals surface area contributed by atoms with Crippen LogP contribution >= 0.6 is 0 Å². The van der Waals surface area contributed by atoms with Crippen molar-refractivity contribution in [3.8, 4) is 0 Å². The zero-order valence-electron chi connectivity index (χ0n) is 8.86. The Balaban J connectivity index is 0. The zero-order chi connectivity index (χ0) is 13.1. The summed E-state index contributed by atoms with van der Waals surface area (Å²) in [6.45, 7) is 2.41. The lowest BCUT2D eigenvalue weighted by Gasteiger charge is -1.97. The van der Waals surface area contributed by atoms with Gasteiger partial charge >= 0.3 is 23.7 Å². The van der Waals surface area contributed by atoms with Crippen LogP contribution in [0.25, 0.3) is 0 Å². The van der Waals surface area contributed by atoms with Crippen LogP contribution < -0.4 is 16.8 Å². The summed E-state index contributed by atoms with van der Waals surface area (Å²) in [6.07, 6.45) is 1.76. The van der Waals surface area contributed by atoms with Crippen molar-refractivity contribution in [3.63, 3.8) is 0 Å². The third-order valence-corrected chi connectivity index (χ3v) is 1.25. The van der Waals surface area contributed by atoms with Crippen LogP contribution in [-0.2, 0) is 19.2 Å². The molecule has 0 aromatic carbocycles. The minimum absolute atomic E-state index is 0.446. The van der Waals surface area contributed by atoms with Crippen molar-refractivity contribution in [1.82, 2.24) is 5.32 Å². The first-order valence-corrected chi connectivity index (χ1v) is 4.43. The van der Waals surface area contributed by atoms with Crippen molar-refractivity contribution in [2.24, 2.45) is 11.5 Å². The van der Waals surface area contributed by atoms with E-state index in [1.807, 2.05) is 6.92 Å². The van der Waals surface area contributed by atoms with E-state index in [0.29, 0.717) is 6.54 Å². The van der Waals surface area contributed by atoms with E-state index in [2.05, 4.69) is 16.8 Å². The van der Waals surface area contributed by atoms with Crippen LogP contribution in [0.5, 0.6) is 0 Å². The van der Waals surface area contributed by atoms with E-state index in [1.165, 1.54) is 0 Å². The maximum Gasteiger partial charge on any atom is 0.394 e. The van der Waals surface area contributed by atoms with Gasteiger partial charge < -0.3 is 21.9 Å². The van der Waals surface area contributed by atoms with Crippen molar-refractivity contribution in [3.05, 3.63) is 0 Å². The summed E-state index contributed by atoms with van der Waals surface area (Å²) in [5, 5.41) is 10.3. The molecule has 0 aromatic rings. The summed E-state index contributed by atoms with van der Waals surface area (Å²) in [7, 11) is 0. The molecule has 0 radical (unpaired) electrons. The molecule has 0 saturated heterocycles. The van der Waals surface area contributed by atoms with E-state index in [1.54, 1.807) is 0 Å². The van der Waals surface area contributed by atoms with Crippen LogP contribution in [0.3, 0.4) is 0 Å². The Morgan fingerprint density at radius 3 is 1.81 bits per heavy atom. The maximum atomic E-state index is 10.3. The number of primary amides is 2. The molecular weight excluding hydrogens is 218 g/mol. The highest BCUT2D eigenvalue weighted by atomic mass is 16.4. The number of carbonyl (C=O) groups excluding carboxylic acids is 3. The van der Waals surface area contributed by atoms with E-state index in [9.17, 15) is 19.2 Å². The summed E-state index contributed by atoms with van der Waals surface area (Å²) in [5.41, 5.74) is 8.64. The van der Waals surface area contributed by atoms with Crippen LogP contribution in [0.15, 0.2) is 0 Å². The number of carboxylic acids is 1. The predicted molar refractivity (Wildman–Crippen MR) is 53.9 cm³/mol. The number of carbonyl (C=O) groups is 4. The van der Waals surface area contributed by atoms with E-state index in [0.717, 1.165) is 12.8 Å². The third kappa shape index (κ3) is 11.9. The van der Waals surface area contributed by atoms with Gasteiger partial charge in [-0.1, -0.05) is 13.3 Å². The quantitative estimate of drug-likeness (QED) is 0.326. The second-order valence-corrected chi connectivity index (χ2v) is 2.64. The Bertz CT molecular complexity index is 265. The first-order chi connectivity index (χ1) is 7.32. The minimum atomic E-state index is -1.42. The predicted octanol–water partition coefficient (Wildman–Crippen LogP) is -2.06. The molecule has 0 atom stereocenters. The molecule has 0 spiro atoms. The molecule has 16 heavy (non-hydrogen) atoms. The SMILES string of the molecule is CCCCNC(=O)C(=O)O.NC(=O)C(N)=O. The minimum Gasteiger partial charge on any atom is -0.474 e. The average molecular weight is 233 g/mol. The van der Waals surface area contributed by atoms with E-state index in [4.69, 9.17) is 5.11 Å². The molecule has 0 aliphatic rings. The van der Waals surface area contributed by atoms with E-state index in [-0.39, 0.29) is 0 Å². The van der Waals surface area contributed by atoms with Crippen LogP contribution in [-0.4, -0.2) is 35.3 Å². The number of nitrogens with one attached hydrogen (secondary N) is 1. The van der Waals surface area contributed by atoms with Gasteiger partial charge in [0.2, 0.25) is 0 Å². The normalized spacial score (nSPS) is 8.31. The zero-order valence-corrected chi connectivity index (χ0v) is 8.86. The molecule has 8 heteroatoms. The lowest BCUT2D eigenvalue weighted by atomic mass is 10.3. The van der Waals surface area contributed by atoms with Crippen molar-refractivity contribution < 1.29 is 24.3 Å². The van der Waals surface area contributed by atoms with Crippen molar-refractivity contribution >= 4 is 23.7 Å². The van der Waals surface area contributed by atoms with Gasteiger partial charge in [-0.2, -0.15) is 0 Å². The number of amides is 3. The fourth-order valence-electron chi connectivity index (χ4n) is 0.454. The van der Waals surface area contributed by atoms with Gasteiger partial charge in [-0.3, -0.25) is 14.4 Å². The third-order valence-electron chi connectivity index (χ3n) is 1.25. The van der Waals surface area contributed by atoms with Gasteiger partial charge in [0.05, 0.1) is 0 Å². The Morgan fingerprint density at radius 2 is 1.56 bits per heavy atom. The Hall–Kier alpha value is -2.12. The fraction of sp³-hybridized carbons (Fsp3) is 0.500. The first-order valence-electron chi connectivity index (χ1n) is 4.43. The Morgan fingerprint density at radius 1 is 1.12 bits per heavy atom. The highest BCUT2D eigenvalue weighted by molar-refractivity contribution is 6.33. The second kappa shape index (κ2) is 9.44. The maximum absolute atomic E-state index is 10.3. The smallest absolute Gasteiger partial charge is 0.394 e. The summed E-state index contributed by atoms with van der Waals surface area (Å²) >= 11 is 0. The largest absolute Gasteiger partial charge is 0.474 e. The number of unbranched alkanes of at least 4 members (excludes halogenated alkanes) is 1. The van der Waals surface area contributed by atoms with E-state index < -0.39 is 23.7 Å². The molecule has 8 nitrogen and oxygen atoms in total. The average Bonchev–Trinajstić information content (AvgIpc) is 2.18. The highest BCUT2D eigenvalue weighted by Gasteiger charge is 2.07. The summed E-state index contributed by atoms with van der Waals surface area (Å²) < 4.78 is 0. The number of aliphatic carboxylic acids is 1. The van der Waals surface area contributed by atoms with Gasteiger partial charge in [0.15, 0.2) is 0 Å². The molecule has 0 aliphatic carbocycles. The van der Waals surface area contributed by atoms with Crippen molar-refractivity contribution in [2.45, 2.75) is 19.8 Å². The molecule has 0 aromatic heterocycles. The van der Waals surface area contributed by atoms with Gasteiger partial charge in [-0.05, 0) is 6.42 Å². The van der Waals surface area contributed by atoms with Gasteiger partial charge in [0, 0.05) is 6.54 Å². The number of hydrogen-bond acceptors (Lipinski definition) is 4. The molecule has 6 N–H and O–H groups in total. The van der Waals surface area contributed by atoms with E-state index >= 15 is 0 Å². The lowest BCUT2D eigenvalue weighted by molar-refractivity contribution is -0.150. The van der Waals surface area contributed by atoms with Gasteiger partial charge in [0.25, 0.3) is 0 Å². The number of nitrogens with two attached hydrogens (primary N) is 2. The monoisotopic (exact) mass is 233 g/mol. The molecule has 0 saturated carbocycles. The Labute approximate surface area is 92.0 Å². The van der Waals surface area contributed by atoms with Crippen molar-refractivity contribution in [2.75, 3.05) is 6.54 Å². The molecule has 0 rings (SSSR count). The molecule has 0 bridgehead atoms. The summed E-state index contributed by atoms with van der Waals surface area (Å²) in [4.78, 5) is 39.1. The highest BCUT2D eigenvalue weighted by Crippen LogP contribution is 1.81. The molecule has 3 amide bonds. The molecule has 0 fully saturated rings. The second-order valence-electron chi connectivity index (χ2n) is 2.64. The standard InChI is InChI=1S/C6H11NO3.C2H4N2O2/c1-2-3-4-7-5(8)6(9)10;3-1(5)2(4)6/h2-4H2,1H3,(H,7,8)(H,9,10);(H2,3,5)(H2,4,6). The van der Waals surface area contributed by atoms with Crippen LogP contribution in [0.4, 0.5) is 0 Å². The summed E-state index contributed by atoms with van der Waals surface area (Å²) in [5.74, 6) is -4.55. The fourth-order valence-corrected chi connectivity index (χ4v) is 0.454. The number of rotatable bonds is 3. The van der Waals surface area contributed by atoms with Gasteiger partial charge in [-0.15, -0.1) is 0 Å². The molecule has 92 valence electrons. The number of hydrogen-bond donors (Lipinski definition) is 4. The summed E-state index contributed by atoms with van der Waals surface area (Å²) in [6, 6.07) is 0. The molecule has 0 aliphatic heterocycles. The van der Waals surface area contributed by atoms with Gasteiger partial charge in [-0.25, -0.2) is 4.79 Å². The van der Waals surface area contributed by atoms with Crippen LogP contribution in [0.1, 0.15) is 19.8 Å². The molecule has 0 unspecified atom stereocenters. The van der Waals surface area contributed by atoms with Crippen LogP contribution in [0.2, 0.25) is 0 Å². The van der Waals surface area contributed by atoms with Crippen molar-refractivity contribution in [1.29, 1.82) is 0 Å². The molecular formula is C8H15N3O5. The van der Waals surface area contributed by atoms with Crippen LogP contribution in [0, 0.1) is 0 Å². The lowest BCUT2D eigenvalue weighted by Crippen LogP contribution is -2.31. The first kappa shape index (κ1) is 16.3. The Kier molecular flexibility index (Phi) is 9.62. The van der Waals surface area contributed by atoms with Gasteiger partial charge in [0.1, 0.15) is 0 Å². The topological polar surface area (TPSA) is 153 Å².